The summed E-state index contributed by atoms with van der Waals surface area (Å²) in [6.07, 6.45) is -4.55. The molecule has 0 heterocycles. The number of rotatable bonds is 2. The van der Waals surface area contributed by atoms with Crippen molar-refractivity contribution in [3.8, 4) is 11.8 Å². The van der Waals surface area contributed by atoms with Gasteiger partial charge in [0.05, 0.1) is 24.3 Å². The van der Waals surface area contributed by atoms with E-state index >= 15 is 0 Å². The van der Waals surface area contributed by atoms with Gasteiger partial charge in [0.1, 0.15) is 5.75 Å². The molecule has 16 heavy (non-hydrogen) atoms. The number of methoxy groups -OCH3 is 1. The molecule has 86 valence electrons. The summed E-state index contributed by atoms with van der Waals surface area (Å²) in [5.41, 5.74) is 4.59. The molecule has 0 radical (unpaired) electrons. The molecule has 0 fully saturated rings. The van der Waals surface area contributed by atoms with Crippen LogP contribution in [-0.4, -0.2) is 7.11 Å². The molecule has 0 spiro atoms. The van der Waals surface area contributed by atoms with Gasteiger partial charge in [0.15, 0.2) is 0 Å². The maximum Gasteiger partial charge on any atom is 0.420 e. The highest BCUT2D eigenvalue weighted by atomic mass is 19.4. The Hall–Kier alpha value is -1.74. The van der Waals surface area contributed by atoms with Crippen LogP contribution in [0, 0.1) is 11.3 Å². The molecule has 0 aromatic heterocycles. The zero-order valence-electron chi connectivity index (χ0n) is 8.43. The summed E-state index contributed by atoms with van der Waals surface area (Å²) < 4.78 is 42.3. The minimum atomic E-state index is -4.55. The van der Waals surface area contributed by atoms with Gasteiger partial charge >= 0.3 is 6.18 Å². The van der Waals surface area contributed by atoms with Crippen LogP contribution in [0.25, 0.3) is 0 Å². The molecule has 0 bridgehead atoms. The number of halogens is 3. The third kappa shape index (κ3) is 2.25. The molecular formula is C10H9F3N2O. The highest BCUT2D eigenvalue weighted by molar-refractivity contribution is 5.49. The van der Waals surface area contributed by atoms with Crippen molar-refractivity contribution in [2.24, 2.45) is 5.73 Å². The Morgan fingerprint density at radius 1 is 1.44 bits per heavy atom. The SMILES string of the molecule is COc1cc(CN)c(C#N)cc1C(F)(F)F. The quantitative estimate of drug-likeness (QED) is 0.845. The van der Waals surface area contributed by atoms with Crippen LogP contribution in [0.3, 0.4) is 0 Å². The van der Waals surface area contributed by atoms with Gasteiger partial charge in [0, 0.05) is 6.54 Å². The fourth-order valence-electron chi connectivity index (χ4n) is 1.29. The molecule has 0 atom stereocenters. The van der Waals surface area contributed by atoms with Gasteiger partial charge in [-0.3, -0.25) is 0 Å². The van der Waals surface area contributed by atoms with Crippen molar-refractivity contribution in [1.82, 2.24) is 0 Å². The molecule has 0 aliphatic heterocycles. The van der Waals surface area contributed by atoms with Gasteiger partial charge in [-0.25, -0.2) is 0 Å². The topological polar surface area (TPSA) is 59.0 Å². The van der Waals surface area contributed by atoms with E-state index in [-0.39, 0.29) is 17.9 Å². The van der Waals surface area contributed by atoms with Crippen LogP contribution < -0.4 is 10.5 Å². The van der Waals surface area contributed by atoms with E-state index in [1.165, 1.54) is 0 Å². The van der Waals surface area contributed by atoms with Crippen LogP contribution in [-0.2, 0) is 12.7 Å². The van der Waals surface area contributed by atoms with Gasteiger partial charge < -0.3 is 10.5 Å². The molecule has 1 aromatic rings. The smallest absolute Gasteiger partial charge is 0.420 e. The number of nitriles is 1. The average Bonchev–Trinajstić information content (AvgIpc) is 2.25. The number of hydrogen-bond acceptors (Lipinski definition) is 3. The van der Waals surface area contributed by atoms with Crippen LogP contribution in [0.2, 0.25) is 0 Å². The first-order valence-electron chi connectivity index (χ1n) is 4.32. The van der Waals surface area contributed by atoms with Crippen molar-refractivity contribution < 1.29 is 17.9 Å². The van der Waals surface area contributed by atoms with Gasteiger partial charge in [-0.1, -0.05) is 0 Å². The first kappa shape index (κ1) is 12.3. The molecule has 0 amide bonds. The number of ether oxygens (including phenoxy) is 1. The number of alkyl halides is 3. The molecule has 2 N–H and O–H groups in total. The first-order chi connectivity index (χ1) is 7.43. The summed E-state index contributed by atoms with van der Waals surface area (Å²) >= 11 is 0. The Bertz CT molecular complexity index is 435. The lowest BCUT2D eigenvalue weighted by Gasteiger charge is -2.13. The van der Waals surface area contributed by atoms with E-state index in [1.54, 1.807) is 6.07 Å². The monoisotopic (exact) mass is 230 g/mol. The van der Waals surface area contributed by atoms with E-state index in [4.69, 9.17) is 11.0 Å². The number of nitrogens with zero attached hydrogens (tertiary/aromatic N) is 1. The third-order valence-electron chi connectivity index (χ3n) is 2.07. The van der Waals surface area contributed by atoms with Crippen molar-refractivity contribution in [2.45, 2.75) is 12.7 Å². The second-order valence-corrected chi connectivity index (χ2v) is 3.02. The lowest BCUT2D eigenvalue weighted by molar-refractivity contribution is -0.138. The maximum absolute atomic E-state index is 12.6. The van der Waals surface area contributed by atoms with E-state index in [0.29, 0.717) is 5.56 Å². The van der Waals surface area contributed by atoms with E-state index < -0.39 is 11.7 Å². The van der Waals surface area contributed by atoms with Crippen LogP contribution in [0.5, 0.6) is 5.75 Å². The maximum atomic E-state index is 12.6. The first-order valence-corrected chi connectivity index (χ1v) is 4.32. The number of benzene rings is 1. The summed E-state index contributed by atoms with van der Waals surface area (Å²) in [5, 5.41) is 8.69. The van der Waals surface area contributed by atoms with Crippen LogP contribution in [0.4, 0.5) is 13.2 Å². The molecule has 0 aliphatic rings. The zero-order chi connectivity index (χ0) is 12.3. The molecule has 0 saturated heterocycles. The predicted molar refractivity (Wildman–Crippen MR) is 50.6 cm³/mol. The number of nitrogens with two attached hydrogens (primary N) is 1. The Balaban J connectivity index is 3.45. The van der Waals surface area contributed by atoms with Crippen molar-refractivity contribution >= 4 is 0 Å². The predicted octanol–water partition coefficient (Wildman–Crippen LogP) is 2.04. The lowest BCUT2D eigenvalue weighted by Crippen LogP contribution is -2.10. The van der Waals surface area contributed by atoms with E-state index in [0.717, 1.165) is 19.2 Å². The summed E-state index contributed by atoms with van der Waals surface area (Å²) in [7, 11) is 1.14. The molecule has 1 rings (SSSR count). The fraction of sp³-hybridized carbons (Fsp3) is 0.300. The van der Waals surface area contributed by atoms with Crippen molar-refractivity contribution in [3.05, 3.63) is 28.8 Å². The minimum Gasteiger partial charge on any atom is -0.496 e. The highest BCUT2D eigenvalue weighted by Gasteiger charge is 2.35. The fourth-order valence-corrected chi connectivity index (χ4v) is 1.29. The zero-order valence-corrected chi connectivity index (χ0v) is 8.43. The molecule has 6 heteroatoms. The van der Waals surface area contributed by atoms with Crippen molar-refractivity contribution in [2.75, 3.05) is 7.11 Å². The standard InChI is InChI=1S/C10H9F3N2O/c1-16-9-3-7(5-15)6(4-14)2-8(9)10(11,12)13/h2-3H,5,15H2,1H3. The van der Waals surface area contributed by atoms with Gasteiger partial charge in [0.2, 0.25) is 0 Å². The van der Waals surface area contributed by atoms with Gasteiger partial charge in [-0.05, 0) is 17.7 Å². The van der Waals surface area contributed by atoms with Crippen LogP contribution in [0.1, 0.15) is 16.7 Å². The summed E-state index contributed by atoms with van der Waals surface area (Å²) in [6.45, 7) is -0.0165. The molecule has 3 nitrogen and oxygen atoms in total. The highest BCUT2D eigenvalue weighted by Crippen LogP contribution is 2.37. The van der Waals surface area contributed by atoms with E-state index in [2.05, 4.69) is 4.74 Å². The van der Waals surface area contributed by atoms with E-state index in [9.17, 15) is 13.2 Å². The van der Waals surface area contributed by atoms with Crippen molar-refractivity contribution in [1.29, 1.82) is 5.26 Å². The molecule has 0 aliphatic carbocycles. The summed E-state index contributed by atoms with van der Waals surface area (Å²) in [6, 6.07) is 3.57. The molecule has 0 unspecified atom stereocenters. The van der Waals surface area contributed by atoms with Gasteiger partial charge in [-0.15, -0.1) is 0 Å². The van der Waals surface area contributed by atoms with Crippen molar-refractivity contribution in [3.63, 3.8) is 0 Å². The summed E-state index contributed by atoms with van der Waals surface area (Å²) in [5.74, 6) is -0.327. The Morgan fingerprint density at radius 2 is 2.06 bits per heavy atom. The third-order valence-corrected chi connectivity index (χ3v) is 2.07. The van der Waals surface area contributed by atoms with Gasteiger partial charge in [-0.2, -0.15) is 18.4 Å². The van der Waals surface area contributed by atoms with E-state index in [1.807, 2.05) is 0 Å². The lowest BCUT2D eigenvalue weighted by atomic mass is 10.0. The van der Waals surface area contributed by atoms with Crippen LogP contribution >= 0.6 is 0 Å². The molecule has 1 aromatic carbocycles. The normalized spacial score (nSPS) is 11.0. The van der Waals surface area contributed by atoms with Crippen LogP contribution in [0.15, 0.2) is 12.1 Å². The second-order valence-electron chi connectivity index (χ2n) is 3.02. The second kappa shape index (κ2) is 4.41. The minimum absolute atomic E-state index is 0.0165. The Morgan fingerprint density at radius 3 is 2.44 bits per heavy atom. The molecular weight excluding hydrogens is 221 g/mol. The average molecular weight is 230 g/mol. The Labute approximate surface area is 90.2 Å². The number of hydrogen-bond donors (Lipinski definition) is 1. The summed E-state index contributed by atoms with van der Waals surface area (Å²) in [4.78, 5) is 0. The Kier molecular flexibility index (Phi) is 3.40. The van der Waals surface area contributed by atoms with Gasteiger partial charge in [0.25, 0.3) is 0 Å². The largest absolute Gasteiger partial charge is 0.496 e. The molecule has 0 saturated carbocycles.